The average Bonchev–Trinajstić information content (AvgIpc) is 2.81. The van der Waals surface area contributed by atoms with Crippen LogP contribution in [0, 0.1) is 57.8 Å². The van der Waals surface area contributed by atoms with Gasteiger partial charge in [-0.2, -0.15) is 0 Å². The van der Waals surface area contributed by atoms with Gasteiger partial charge in [-0.25, -0.2) is 4.79 Å². The molecule has 33 heavy (non-hydrogen) atoms. The summed E-state index contributed by atoms with van der Waals surface area (Å²) in [6.45, 7) is 7.02. The van der Waals surface area contributed by atoms with Crippen LogP contribution in [0.3, 0.4) is 0 Å². The van der Waals surface area contributed by atoms with Gasteiger partial charge in [-0.3, -0.25) is 14.9 Å². The number of benzene rings is 1. The second kappa shape index (κ2) is 15.8. The Balaban J connectivity index is 3.00. The van der Waals surface area contributed by atoms with Crippen LogP contribution >= 0.6 is 0 Å². The third-order valence-electron chi connectivity index (χ3n) is 3.53. The average molecular weight is 441 g/mol. The number of nitro groups is 1. The van der Waals surface area contributed by atoms with E-state index in [9.17, 15) is 19.7 Å². The number of para-hydroxylation sites is 1. The molecule has 0 aliphatic carbocycles. The van der Waals surface area contributed by atoms with Crippen LogP contribution in [-0.2, 0) is 19.1 Å². The highest BCUT2D eigenvalue weighted by Crippen LogP contribution is 2.22. The van der Waals surface area contributed by atoms with E-state index in [0.29, 0.717) is 12.8 Å². The van der Waals surface area contributed by atoms with E-state index in [-0.39, 0.29) is 29.7 Å². The Morgan fingerprint density at radius 1 is 0.939 bits per heavy atom. The Kier molecular flexibility index (Phi) is 12.5. The summed E-state index contributed by atoms with van der Waals surface area (Å²) >= 11 is 0. The van der Waals surface area contributed by atoms with Crippen LogP contribution < -0.4 is 0 Å². The summed E-state index contributed by atoms with van der Waals surface area (Å²) in [5.41, 5.74) is -0.0668. The van der Waals surface area contributed by atoms with Gasteiger partial charge in [-0.15, -0.1) is 13.2 Å². The molecule has 0 amide bonds. The number of hydrogen-bond donors (Lipinski definition) is 0. The quantitative estimate of drug-likeness (QED) is 0.152. The maximum Gasteiger partial charge on any atom is 0.348 e. The Hall–Kier alpha value is -4.98. The Labute approximate surface area is 192 Å². The molecule has 0 radical (unpaired) electrons. The zero-order valence-corrected chi connectivity index (χ0v) is 17.7. The fourth-order valence-electron chi connectivity index (χ4n) is 2.09. The van der Waals surface area contributed by atoms with Crippen LogP contribution in [0.25, 0.3) is 6.08 Å². The Morgan fingerprint density at radius 2 is 1.55 bits per heavy atom. The van der Waals surface area contributed by atoms with Crippen LogP contribution in [0.1, 0.15) is 31.2 Å². The van der Waals surface area contributed by atoms with Crippen molar-refractivity contribution >= 4 is 23.7 Å². The molecule has 0 atom stereocenters. The second-order valence-corrected chi connectivity index (χ2v) is 5.89. The highest BCUT2D eigenvalue weighted by Gasteiger charge is 2.17. The molecule has 0 saturated heterocycles. The minimum atomic E-state index is -0.875. The van der Waals surface area contributed by atoms with Gasteiger partial charge in [0.05, 0.1) is 16.9 Å². The monoisotopic (exact) mass is 441 g/mol. The largest absolute Gasteiger partial charge is 0.371 e. The molecule has 1 rings (SSSR count). The summed E-state index contributed by atoms with van der Waals surface area (Å²) in [6, 6.07) is 5.83. The zero-order valence-electron chi connectivity index (χ0n) is 17.7. The molecule has 7 nitrogen and oxygen atoms in total. The molecular formula is C26H19NO6. The zero-order chi connectivity index (χ0) is 24.3. The van der Waals surface area contributed by atoms with E-state index in [2.05, 4.69) is 60.9 Å². The molecule has 0 spiro atoms. The molecule has 0 bridgehead atoms. The normalized spacial score (nSPS) is 9.03. The van der Waals surface area contributed by atoms with E-state index in [1.165, 1.54) is 24.3 Å². The lowest BCUT2D eigenvalue weighted by Gasteiger charge is -2.04. The number of rotatable bonds is 8. The van der Waals surface area contributed by atoms with Gasteiger partial charge < -0.3 is 9.47 Å². The summed E-state index contributed by atoms with van der Waals surface area (Å²) in [5, 5.41) is 11.3. The highest BCUT2D eigenvalue weighted by atomic mass is 16.6. The van der Waals surface area contributed by atoms with Crippen molar-refractivity contribution in [2.24, 2.45) is 0 Å². The Morgan fingerprint density at radius 3 is 2.15 bits per heavy atom. The first-order chi connectivity index (χ1) is 16.0. The fourth-order valence-corrected chi connectivity index (χ4v) is 2.09. The van der Waals surface area contributed by atoms with Crippen LogP contribution in [0.2, 0.25) is 0 Å². The molecule has 0 unspecified atom stereocenters. The van der Waals surface area contributed by atoms with Gasteiger partial charge in [-0.05, 0) is 30.4 Å². The number of hydrogen-bond acceptors (Lipinski definition) is 6. The lowest BCUT2D eigenvalue weighted by molar-refractivity contribution is -0.385. The van der Waals surface area contributed by atoms with E-state index in [4.69, 9.17) is 9.47 Å². The molecule has 7 heteroatoms. The van der Waals surface area contributed by atoms with Crippen molar-refractivity contribution in [2.75, 3.05) is 0 Å². The molecule has 0 fully saturated rings. The number of allylic oxidation sites excluding steroid dienone is 2. The summed E-state index contributed by atoms with van der Waals surface area (Å²) in [5.74, 6) is 13.4. The molecule has 0 aliphatic rings. The minimum Gasteiger partial charge on any atom is -0.371 e. The van der Waals surface area contributed by atoms with Crippen LogP contribution in [-0.4, -0.2) is 16.9 Å². The predicted molar refractivity (Wildman–Crippen MR) is 123 cm³/mol. The minimum absolute atomic E-state index is 0.0201. The second-order valence-electron chi connectivity index (χ2n) is 5.89. The number of carbonyl (C=O) groups excluding carboxylic acids is 2. The summed E-state index contributed by atoms with van der Waals surface area (Å²) in [6.07, 6.45) is 9.28. The fraction of sp³-hybridized carbons (Fsp3) is 0.154. The van der Waals surface area contributed by atoms with Gasteiger partial charge in [0.15, 0.2) is 0 Å². The van der Waals surface area contributed by atoms with Gasteiger partial charge in [0.2, 0.25) is 0 Å². The number of carbonyl (C=O) groups is 2. The molecule has 0 aromatic heterocycles. The van der Waals surface area contributed by atoms with E-state index < -0.39 is 16.9 Å². The molecule has 0 N–H and O–H groups in total. The third kappa shape index (κ3) is 11.1. The van der Waals surface area contributed by atoms with E-state index >= 15 is 0 Å². The number of esters is 2. The van der Waals surface area contributed by atoms with Gasteiger partial charge >= 0.3 is 11.9 Å². The lowest BCUT2D eigenvalue weighted by atomic mass is 10.0. The molecular weight excluding hydrogens is 422 g/mol. The van der Waals surface area contributed by atoms with Crippen molar-refractivity contribution in [1.82, 2.24) is 0 Å². The van der Waals surface area contributed by atoms with Crippen molar-refractivity contribution in [3.8, 4) is 47.7 Å². The first kappa shape index (κ1) is 26.1. The van der Waals surface area contributed by atoms with Crippen molar-refractivity contribution in [2.45, 2.75) is 25.7 Å². The van der Waals surface area contributed by atoms with Gasteiger partial charge in [0.1, 0.15) is 12.2 Å². The first-order valence-electron chi connectivity index (χ1n) is 9.52. The third-order valence-corrected chi connectivity index (χ3v) is 3.53. The summed E-state index contributed by atoms with van der Waals surface area (Å²) < 4.78 is 9.58. The van der Waals surface area contributed by atoms with E-state index in [0.717, 1.165) is 0 Å². The first-order valence-corrected chi connectivity index (χ1v) is 9.52. The van der Waals surface area contributed by atoms with Gasteiger partial charge in [0, 0.05) is 36.3 Å². The van der Waals surface area contributed by atoms with Crippen molar-refractivity contribution in [3.05, 3.63) is 70.8 Å². The van der Waals surface area contributed by atoms with Crippen LogP contribution in [0.15, 0.2) is 55.1 Å². The van der Waals surface area contributed by atoms with Gasteiger partial charge in [-0.1, -0.05) is 36.1 Å². The number of nitro benzene ring substituents is 1. The smallest absolute Gasteiger partial charge is 0.348 e. The predicted octanol–water partition coefficient (Wildman–Crippen LogP) is 3.93. The lowest BCUT2D eigenvalue weighted by Crippen LogP contribution is -2.08. The van der Waals surface area contributed by atoms with Crippen molar-refractivity contribution < 1.29 is 24.0 Å². The highest BCUT2D eigenvalue weighted by molar-refractivity contribution is 5.95. The maximum absolute atomic E-state index is 12.5. The van der Waals surface area contributed by atoms with Gasteiger partial charge in [0.25, 0.3) is 5.69 Å². The number of nitrogens with zero attached hydrogens (tertiary/aromatic N) is 1. The molecule has 164 valence electrons. The standard InChI is InChI=1S/C26H19NO6/c1-3-5-7-9-13-19-32-25(28)18-17-23(26(29)33-20-14-10-8-6-4-2)21-22-15-11-12-16-24(22)27(30)31/h3-4,11-12,15-16,21H,1-2,5-6,17-18H2/b23-21-. The number of ether oxygens (including phenoxy) is 2. The SMILES string of the molecule is C=CCC#CC#COC(=O)CC/C(=C/c1ccccc1[N+](=O)[O-])C(=O)OC#CC#CCC=C. The molecule has 1 aromatic carbocycles. The van der Waals surface area contributed by atoms with E-state index in [1.54, 1.807) is 18.2 Å². The van der Waals surface area contributed by atoms with Crippen LogP contribution in [0.4, 0.5) is 5.69 Å². The summed E-state index contributed by atoms with van der Waals surface area (Å²) in [7, 11) is 0. The Bertz CT molecular complexity index is 1190. The van der Waals surface area contributed by atoms with E-state index in [1.807, 2.05) is 0 Å². The van der Waals surface area contributed by atoms with Crippen molar-refractivity contribution in [3.63, 3.8) is 0 Å². The summed E-state index contributed by atoms with van der Waals surface area (Å²) in [4.78, 5) is 35.1. The molecule has 0 saturated carbocycles. The molecule has 0 aliphatic heterocycles. The molecule has 0 heterocycles. The maximum atomic E-state index is 12.5. The molecule has 1 aromatic rings. The van der Waals surface area contributed by atoms with Crippen molar-refractivity contribution in [1.29, 1.82) is 0 Å². The topological polar surface area (TPSA) is 95.7 Å². The van der Waals surface area contributed by atoms with Crippen LogP contribution in [0.5, 0.6) is 0 Å².